The quantitative estimate of drug-likeness (QED) is 0.104. The molecule has 12 heteroatoms. The Kier molecular flexibility index (Phi) is 11.6. The van der Waals surface area contributed by atoms with Crippen LogP contribution in [-0.2, 0) is 14.3 Å². The van der Waals surface area contributed by atoms with Gasteiger partial charge in [-0.25, -0.2) is 19.6 Å². The third kappa shape index (κ3) is 8.20. The molecule has 51 heavy (non-hydrogen) atoms. The first-order valence-electron chi connectivity index (χ1n) is 17.6. The highest BCUT2D eigenvalue weighted by atomic mass is 16.6. The van der Waals surface area contributed by atoms with Gasteiger partial charge in [0.05, 0.1) is 34.6 Å². The molecule has 0 bridgehead atoms. The Hall–Kier alpha value is -4.88. The van der Waals surface area contributed by atoms with E-state index in [9.17, 15) is 24.8 Å². The van der Waals surface area contributed by atoms with E-state index in [2.05, 4.69) is 86.2 Å². The van der Waals surface area contributed by atoms with Crippen LogP contribution in [0, 0.1) is 10.1 Å². The van der Waals surface area contributed by atoms with Crippen LogP contribution in [-0.4, -0.2) is 95.3 Å². The highest BCUT2D eigenvalue weighted by molar-refractivity contribution is 5.99. The number of carbonyl (C=O) groups is 2. The van der Waals surface area contributed by atoms with Crippen LogP contribution in [0.5, 0.6) is 0 Å². The molecule has 3 heterocycles. The van der Waals surface area contributed by atoms with Crippen molar-refractivity contribution < 1.29 is 24.4 Å². The Morgan fingerprint density at radius 1 is 0.902 bits per heavy atom. The zero-order valence-electron chi connectivity index (χ0n) is 29.2. The van der Waals surface area contributed by atoms with Gasteiger partial charge in [-0.15, -0.1) is 0 Å². The first-order chi connectivity index (χ1) is 24.7. The Morgan fingerprint density at radius 2 is 1.55 bits per heavy atom. The predicted molar refractivity (Wildman–Crippen MR) is 193 cm³/mol. The molecule has 3 aromatic carbocycles. The van der Waals surface area contributed by atoms with Gasteiger partial charge in [-0.2, -0.15) is 0 Å². The van der Waals surface area contributed by atoms with Gasteiger partial charge < -0.3 is 20.5 Å². The number of hydrogen-bond donors (Lipinski definition) is 3. The van der Waals surface area contributed by atoms with E-state index in [1.54, 1.807) is 19.9 Å². The number of piperazine rings is 2. The van der Waals surface area contributed by atoms with Crippen LogP contribution < -0.4 is 10.6 Å². The fourth-order valence-corrected chi connectivity index (χ4v) is 7.75. The molecule has 268 valence electrons. The fraction of sp³-hybridized carbons (Fsp3) is 0.385. The molecule has 0 spiro atoms. The number of non-ortho nitro benzene ring substituents is 1. The zero-order chi connectivity index (χ0) is 35.9. The van der Waals surface area contributed by atoms with Crippen molar-refractivity contribution in [1.29, 1.82) is 0 Å². The maximum atomic E-state index is 13.6. The summed E-state index contributed by atoms with van der Waals surface area (Å²) in [5.41, 5.74) is 3.68. The van der Waals surface area contributed by atoms with Crippen molar-refractivity contribution in [3.8, 4) is 0 Å². The van der Waals surface area contributed by atoms with Crippen LogP contribution in [0.1, 0.15) is 55.3 Å². The molecule has 0 saturated carbocycles. The third-order valence-electron chi connectivity index (χ3n) is 10.1. The topological polar surface area (TPSA) is 141 Å². The third-order valence-corrected chi connectivity index (χ3v) is 10.1. The summed E-state index contributed by atoms with van der Waals surface area (Å²) in [6.45, 7) is 9.81. The Balaban J connectivity index is 1.08. The number of ether oxygens (including phenoxy) is 1. The molecule has 2 saturated heterocycles. The number of allylic oxidation sites excluding steroid dienone is 2. The van der Waals surface area contributed by atoms with E-state index in [4.69, 9.17) is 4.74 Å². The number of rotatable bonds is 12. The van der Waals surface area contributed by atoms with Crippen molar-refractivity contribution in [2.24, 2.45) is 0 Å². The Morgan fingerprint density at radius 3 is 2.18 bits per heavy atom. The van der Waals surface area contributed by atoms with Crippen LogP contribution in [0.15, 0.2) is 107 Å². The van der Waals surface area contributed by atoms with Crippen LogP contribution in [0.4, 0.5) is 5.69 Å². The highest BCUT2D eigenvalue weighted by Crippen LogP contribution is 2.40. The van der Waals surface area contributed by atoms with Gasteiger partial charge in [0.1, 0.15) is 0 Å². The average Bonchev–Trinajstić information content (AvgIpc) is 3.14. The minimum Gasteiger partial charge on any atom is -0.478 e. The molecule has 6 rings (SSSR count). The monoisotopic (exact) mass is 694 g/mol. The number of aliphatic carboxylic acids is 1. The molecule has 3 N–H and O–H groups in total. The molecular formula is C39H46N6O6. The molecule has 0 aliphatic carbocycles. The lowest BCUT2D eigenvalue weighted by atomic mass is 9.80. The number of nitrogens with one attached hydrogen (secondary N) is 2. The number of nitro groups is 1. The van der Waals surface area contributed by atoms with Crippen molar-refractivity contribution in [2.45, 2.75) is 44.7 Å². The number of hydrazine groups is 1. The summed E-state index contributed by atoms with van der Waals surface area (Å²) >= 11 is 0. The molecule has 0 aromatic heterocycles. The molecule has 0 radical (unpaired) electrons. The molecule has 2 atom stereocenters. The number of hydrogen-bond acceptors (Lipinski definition) is 10. The van der Waals surface area contributed by atoms with E-state index < -0.39 is 22.8 Å². The SMILES string of the molecule is CC1=C(C(=O)O)C(c2cccc([N+](=O)[O-])c2)C(C(=O)OCCCC2CNCCN2N2CCN(C(c3ccccc3)c3ccccc3)CC2)=C(C)N1. The summed E-state index contributed by atoms with van der Waals surface area (Å²) in [6.07, 6.45) is 1.43. The molecule has 3 aromatic rings. The van der Waals surface area contributed by atoms with Crippen LogP contribution in [0.2, 0.25) is 0 Å². The largest absolute Gasteiger partial charge is 0.478 e. The van der Waals surface area contributed by atoms with Crippen molar-refractivity contribution in [3.05, 3.63) is 134 Å². The smallest absolute Gasteiger partial charge is 0.336 e. The second-order valence-corrected chi connectivity index (χ2v) is 13.3. The minimum absolute atomic E-state index is 0.0454. The Labute approximate surface area is 298 Å². The molecular weight excluding hydrogens is 648 g/mol. The van der Waals surface area contributed by atoms with E-state index in [1.807, 2.05) is 0 Å². The summed E-state index contributed by atoms with van der Waals surface area (Å²) in [7, 11) is 0. The van der Waals surface area contributed by atoms with Crippen LogP contribution in [0.3, 0.4) is 0 Å². The molecule has 2 unspecified atom stereocenters. The summed E-state index contributed by atoms with van der Waals surface area (Å²) in [6, 6.07) is 27.6. The van der Waals surface area contributed by atoms with Gasteiger partial charge in [-0.1, -0.05) is 72.8 Å². The zero-order valence-corrected chi connectivity index (χ0v) is 29.2. The standard InChI is InChI=1S/C39H46N6O6/c1-27-34(38(46)47)36(31-15-9-16-32(25-31)45(49)50)35(28(2)41-27)39(48)51-24-10-17-33-26-40-18-19-44(33)43-22-20-42(21-23-43)37(29-11-5-3-6-12-29)30-13-7-4-8-14-30/h3-9,11-16,25,33,36-37,40-41H,10,17-24,26H2,1-2H3,(H,46,47). The summed E-state index contributed by atoms with van der Waals surface area (Å²) < 4.78 is 5.80. The lowest BCUT2D eigenvalue weighted by Gasteiger charge is -2.48. The summed E-state index contributed by atoms with van der Waals surface area (Å²) in [5, 5.41) is 33.1. The van der Waals surface area contributed by atoms with E-state index in [0.717, 1.165) is 52.2 Å². The van der Waals surface area contributed by atoms with E-state index in [0.29, 0.717) is 23.4 Å². The van der Waals surface area contributed by atoms with Crippen LogP contribution >= 0.6 is 0 Å². The number of carboxylic acids is 1. The molecule has 0 amide bonds. The Bertz CT molecular complexity index is 1730. The maximum Gasteiger partial charge on any atom is 0.336 e. The molecule has 2 fully saturated rings. The fourth-order valence-electron chi connectivity index (χ4n) is 7.75. The van der Waals surface area contributed by atoms with Gasteiger partial charge in [0, 0.05) is 75.4 Å². The van der Waals surface area contributed by atoms with Crippen molar-refractivity contribution in [3.63, 3.8) is 0 Å². The van der Waals surface area contributed by atoms with Crippen molar-refractivity contribution >= 4 is 17.6 Å². The van der Waals surface area contributed by atoms with Gasteiger partial charge in [-0.05, 0) is 43.4 Å². The number of nitro benzene ring substituents is 1. The molecule has 12 nitrogen and oxygen atoms in total. The number of dihydropyridines is 1. The number of carbonyl (C=O) groups excluding carboxylic acids is 1. The number of esters is 1. The van der Waals surface area contributed by atoms with E-state index in [-0.39, 0.29) is 35.5 Å². The summed E-state index contributed by atoms with van der Waals surface area (Å²) in [5.74, 6) is -2.86. The molecule has 3 aliphatic rings. The lowest BCUT2D eigenvalue weighted by molar-refractivity contribution is -0.384. The first kappa shape index (κ1) is 35.9. The van der Waals surface area contributed by atoms with Crippen molar-refractivity contribution in [1.82, 2.24) is 25.6 Å². The number of nitrogens with zero attached hydrogens (tertiary/aromatic N) is 4. The number of benzene rings is 3. The van der Waals surface area contributed by atoms with E-state index in [1.165, 1.54) is 29.3 Å². The predicted octanol–water partition coefficient (Wildman–Crippen LogP) is 4.83. The lowest BCUT2D eigenvalue weighted by Crippen LogP contribution is -2.62. The van der Waals surface area contributed by atoms with Gasteiger partial charge in [0.25, 0.3) is 5.69 Å². The summed E-state index contributed by atoms with van der Waals surface area (Å²) in [4.78, 5) is 39.6. The minimum atomic E-state index is -1.21. The van der Waals surface area contributed by atoms with Crippen LogP contribution in [0.25, 0.3) is 0 Å². The average molecular weight is 695 g/mol. The number of carboxylic acid groups (broad SMARTS) is 1. The van der Waals surface area contributed by atoms with Gasteiger partial charge in [-0.3, -0.25) is 15.0 Å². The maximum absolute atomic E-state index is 13.6. The van der Waals surface area contributed by atoms with Gasteiger partial charge in [0.15, 0.2) is 0 Å². The molecule has 3 aliphatic heterocycles. The first-order valence-corrected chi connectivity index (χ1v) is 17.6. The van der Waals surface area contributed by atoms with Gasteiger partial charge >= 0.3 is 11.9 Å². The van der Waals surface area contributed by atoms with Gasteiger partial charge in [0.2, 0.25) is 0 Å². The highest BCUT2D eigenvalue weighted by Gasteiger charge is 2.38. The van der Waals surface area contributed by atoms with Crippen molar-refractivity contribution in [2.75, 3.05) is 52.4 Å². The second kappa shape index (κ2) is 16.4. The normalized spacial score (nSPS) is 20.7. The second-order valence-electron chi connectivity index (χ2n) is 13.3. The van der Waals surface area contributed by atoms with E-state index >= 15 is 0 Å².